The normalized spacial score (nSPS) is 10.5. The van der Waals surface area contributed by atoms with Gasteiger partial charge in [-0.2, -0.15) is 5.26 Å². The zero-order valence-electron chi connectivity index (χ0n) is 10.6. The molecule has 2 aromatic carbocycles. The molecule has 1 nitrogen and oxygen atoms in total. The molecular weight excluding hydrogens is 218 g/mol. The Labute approximate surface area is 108 Å². The first kappa shape index (κ1) is 12.1. The number of nitriles is 1. The van der Waals surface area contributed by atoms with Gasteiger partial charge >= 0.3 is 0 Å². The van der Waals surface area contributed by atoms with Crippen molar-refractivity contribution in [1.29, 1.82) is 5.26 Å². The summed E-state index contributed by atoms with van der Waals surface area (Å²) >= 11 is 0. The topological polar surface area (TPSA) is 23.8 Å². The molecule has 0 fully saturated rings. The third kappa shape index (κ3) is 2.87. The molecule has 0 atom stereocenters. The average Bonchev–Trinajstić information content (AvgIpc) is 2.37. The number of benzene rings is 2. The van der Waals surface area contributed by atoms with Gasteiger partial charge in [0.05, 0.1) is 11.6 Å². The zero-order chi connectivity index (χ0) is 13.0. The fraction of sp³-hybridized carbons (Fsp3) is 0.118. The SMILES string of the molecule is Cc1cccc(/C=C/c2ccc(C#N)c(C)c2)c1. The highest BCUT2D eigenvalue weighted by atomic mass is 14.2. The van der Waals surface area contributed by atoms with Gasteiger partial charge in [-0.05, 0) is 36.6 Å². The predicted molar refractivity (Wildman–Crippen MR) is 76.0 cm³/mol. The maximum atomic E-state index is 8.88. The minimum Gasteiger partial charge on any atom is -0.192 e. The second kappa shape index (κ2) is 5.33. The Hall–Kier alpha value is -2.33. The molecule has 2 aromatic rings. The van der Waals surface area contributed by atoms with Gasteiger partial charge in [0, 0.05) is 0 Å². The summed E-state index contributed by atoms with van der Waals surface area (Å²) in [4.78, 5) is 0. The number of nitrogens with zero attached hydrogens (tertiary/aromatic N) is 1. The number of hydrogen-bond acceptors (Lipinski definition) is 1. The van der Waals surface area contributed by atoms with Gasteiger partial charge in [0.25, 0.3) is 0 Å². The van der Waals surface area contributed by atoms with Gasteiger partial charge in [-0.1, -0.05) is 54.1 Å². The first-order valence-corrected chi connectivity index (χ1v) is 5.94. The molecule has 0 aliphatic carbocycles. The fourth-order valence-electron chi connectivity index (χ4n) is 1.88. The molecule has 0 bridgehead atoms. The fourth-order valence-corrected chi connectivity index (χ4v) is 1.88. The Bertz CT molecular complexity index is 630. The quantitative estimate of drug-likeness (QED) is 0.707. The smallest absolute Gasteiger partial charge is 0.0994 e. The highest BCUT2D eigenvalue weighted by molar-refractivity contribution is 5.70. The van der Waals surface area contributed by atoms with E-state index < -0.39 is 0 Å². The van der Waals surface area contributed by atoms with Crippen LogP contribution in [0.3, 0.4) is 0 Å². The van der Waals surface area contributed by atoms with E-state index in [1.807, 2.05) is 25.1 Å². The lowest BCUT2D eigenvalue weighted by atomic mass is 10.0. The molecule has 0 saturated heterocycles. The van der Waals surface area contributed by atoms with Crippen molar-refractivity contribution in [3.8, 4) is 6.07 Å². The van der Waals surface area contributed by atoms with E-state index >= 15 is 0 Å². The van der Waals surface area contributed by atoms with Crippen LogP contribution in [0.25, 0.3) is 12.2 Å². The van der Waals surface area contributed by atoms with Crippen LogP contribution in [0.5, 0.6) is 0 Å². The third-order valence-electron chi connectivity index (χ3n) is 2.88. The molecule has 0 aliphatic rings. The molecular formula is C17H15N. The van der Waals surface area contributed by atoms with Gasteiger partial charge in [-0.3, -0.25) is 0 Å². The Morgan fingerprint density at radius 3 is 2.28 bits per heavy atom. The van der Waals surface area contributed by atoms with Crippen LogP contribution in [0.1, 0.15) is 27.8 Å². The van der Waals surface area contributed by atoms with E-state index in [9.17, 15) is 0 Å². The molecule has 0 saturated carbocycles. The highest BCUT2D eigenvalue weighted by Crippen LogP contribution is 2.14. The lowest BCUT2D eigenvalue weighted by molar-refractivity contribution is 1.39. The van der Waals surface area contributed by atoms with Crippen molar-refractivity contribution < 1.29 is 0 Å². The molecule has 0 amide bonds. The van der Waals surface area contributed by atoms with Crippen LogP contribution in [-0.2, 0) is 0 Å². The van der Waals surface area contributed by atoms with Crippen LogP contribution < -0.4 is 0 Å². The molecule has 0 N–H and O–H groups in total. The van der Waals surface area contributed by atoms with E-state index in [1.165, 1.54) is 11.1 Å². The van der Waals surface area contributed by atoms with Gasteiger partial charge in [0.1, 0.15) is 0 Å². The van der Waals surface area contributed by atoms with E-state index in [1.54, 1.807) is 0 Å². The van der Waals surface area contributed by atoms with E-state index in [0.717, 1.165) is 16.7 Å². The van der Waals surface area contributed by atoms with Crippen molar-refractivity contribution in [2.24, 2.45) is 0 Å². The van der Waals surface area contributed by atoms with Gasteiger partial charge in [0.15, 0.2) is 0 Å². The van der Waals surface area contributed by atoms with E-state index in [2.05, 4.69) is 49.4 Å². The molecule has 88 valence electrons. The Morgan fingerprint density at radius 1 is 0.944 bits per heavy atom. The van der Waals surface area contributed by atoms with Crippen molar-refractivity contribution in [2.45, 2.75) is 13.8 Å². The lowest BCUT2D eigenvalue weighted by Gasteiger charge is -1.99. The first-order chi connectivity index (χ1) is 8.69. The molecule has 2 rings (SSSR count). The zero-order valence-corrected chi connectivity index (χ0v) is 10.6. The van der Waals surface area contributed by atoms with Crippen LogP contribution in [-0.4, -0.2) is 0 Å². The summed E-state index contributed by atoms with van der Waals surface area (Å²) < 4.78 is 0. The van der Waals surface area contributed by atoms with Crippen LogP contribution >= 0.6 is 0 Å². The van der Waals surface area contributed by atoms with E-state index in [4.69, 9.17) is 5.26 Å². The molecule has 0 spiro atoms. The molecule has 0 aromatic heterocycles. The van der Waals surface area contributed by atoms with Crippen molar-refractivity contribution in [1.82, 2.24) is 0 Å². The van der Waals surface area contributed by atoms with Gasteiger partial charge < -0.3 is 0 Å². The van der Waals surface area contributed by atoms with Crippen LogP contribution in [0, 0.1) is 25.2 Å². The summed E-state index contributed by atoms with van der Waals surface area (Å²) in [6, 6.07) is 16.4. The summed E-state index contributed by atoms with van der Waals surface area (Å²) in [6.07, 6.45) is 4.16. The van der Waals surface area contributed by atoms with Crippen LogP contribution in [0.2, 0.25) is 0 Å². The Kier molecular flexibility index (Phi) is 3.60. The van der Waals surface area contributed by atoms with Crippen molar-refractivity contribution in [2.75, 3.05) is 0 Å². The van der Waals surface area contributed by atoms with Crippen LogP contribution in [0.15, 0.2) is 42.5 Å². The van der Waals surface area contributed by atoms with E-state index in [0.29, 0.717) is 0 Å². The Balaban J connectivity index is 2.24. The summed E-state index contributed by atoms with van der Waals surface area (Å²) in [7, 11) is 0. The maximum Gasteiger partial charge on any atom is 0.0994 e. The standard InChI is InChI=1S/C17H15N/c1-13-4-3-5-15(10-13)6-7-16-8-9-17(12-18)14(2)11-16/h3-11H,1-2H3/b7-6+. The third-order valence-corrected chi connectivity index (χ3v) is 2.88. The van der Waals surface area contributed by atoms with E-state index in [-0.39, 0.29) is 0 Å². The summed E-state index contributed by atoms with van der Waals surface area (Å²) in [5, 5.41) is 8.88. The van der Waals surface area contributed by atoms with Gasteiger partial charge in [0.2, 0.25) is 0 Å². The molecule has 0 aliphatic heterocycles. The minimum absolute atomic E-state index is 0.739. The van der Waals surface area contributed by atoms with Crippen molar-refractivity contribution >= 4 is 12.2 Å². The average molecular weight is 233 g/mol. The predicted octanol–water partition coefficient (Wildman–Crippen LogP) is 4.35. The highest BCUT2D eigenvalue weighted by Gasteiger charge is 1.96. The lowest BCUT2D eigenvalue weighted by Crippen LogP contribution is -1.83. The Morgan fingerprint density at radius 2 is 1.67 bits per heavy atom. The van der Waals surface area contributed by atoms with Crippen LogP contribution in [0.4, 0.5) is 0 Å². The van der Waals surface area contributed by atoms with Crippen molar-refractivity contribution in [3.63, 3.8) is 0 Å². The summed E-state index contributed by atoms with van der Waals surface area (Å²) in [5.74, 6) is 0. The molecule has 0 heterocycles. The molecule has 18 heavy (non-hydrogen) atoms. The second-order valence-electron chi connectivity index (χ2n) is 4.43. The minimum atomic E-state index is 0.739. The number of hydrogen-bond donors (Lipinski definition) is 0. The molecule has 0 radical (unpaired) electrons. The van der Waals surface area contributed by atoms with Crippen molar-refractivity contribution in [3.05, 3.63) is 70.3 Å². The number of aryl methyl sites for hydroxylation is 2. The largest absolute Gasteiger partial charge is 0.192 e. The first-order valence-electron chi connectivity index (χ1n) is 5.94. The monoisotopic (exact) mass is 233 g/mol. The molecule has 0 unspecified atom stereocenters. The maximum absolute atomic E-state index is 8.88. The molecule has 1 heteroatoms. The second-order valence-corrected chi connectivity index (χ2v) is 4.43. The number of rotatable bonds is 2. The van der Waals surface area contributed by atoms with Gasteiger partial charge in [-0.25, -0.2) is 0 Å². The van der Waals surface area contributed by atoms with Gasteiger partial charge in [-0.15, -0.1) is 0 Å². The summed E-state index contributed by atoms with van der Waals surface area (Å²) in [5.41, 5.74) is 5.32. The summed E-state index contributed by atoms with van der Waals surface area (Å²) in [6.45, 7) is 4.05.